The van der Waals surface area contributed by atoms with Crippen LogP contribution in [0.5, 0.6) is 11.5 Å². The van der Waals surface area contributed by atoms with E-state index in [2.05, 4.69) is 5.32 Å². The molecule has 2 aromatic carbocycles. The quantitative estimate of drug-likeness (QED) is 0.610. The molecule has 0 fully saturated rings. The largest absolute Gasteiger partial charge is 0.493 e. The number of hydrogen-bond acceptors (Lipinski definition) is 5. The maximum atomic E-state index is 13.6. The number of ether oxygens (including phenoxy) is 2. The summed E-state index contributed by atoms with van der Waals surface area (Å²) in [4.78, 5) is 43.1. The van der Waals surface area contributed by atoms with Gasteiger partial charge >= 0.3 is 0 Å². The van der Waals surface area contributed by atoms with Gasteiger partial charge in [0.1, 0.15) is 12.7 Å². The molecule has 0 spiro atoms. The van der Waals surface area contributed by atoms with E-state index in [-0.39, 0.29) is 24.3 Å². The molecular weight excluding hydrogens is 436 g/mol. The summed E-state index contributed by atoms with van der Waals surface area (Å²) in [7, 11) is 4.86. The number of carbonyl (C=O) groups is 3. The normalized spacial score (nSPS) is 16.1. The number of aromatic nitrogens is 1. The van der Waals surface area contributed by atoms with Gasteiger partial charge in [-0.1, -0.05) is 18.2 Å². The topological polar surface area (TPSA) is 93.1 Å². The Morgan fingerprint density at radius 3 is 2.50 bits per heavy atom. The lowest BCUT2D eigenvalue weighted by molar-refractivity contribution is -0.122. The molecule has 9 heteroatoms. The first kappa shape index (κ1) is 21.6. The Morgan fingerprint density at radius 1 is 1.00 bits per heavy atom. The van der Waals surface area contributed by atoms with Gasteiger partial charge < -0.3 is 24.3 Å². The summed E-state index contributed by atoms with van der Waals surface area (Å²) in [6.45, 7) is 0.121. The number of anilines is 1. The van der Waals surface area contributed by atoms with Crippen molar-refractivity contribution in [2.45, 2.75) is 12.7 Å². The number of benzene rings is 2. The van der Waals surface area contributed by atoms with Crippen LogP contribution in [0.1, 0.15) is 38.1 Å². The Bertz CT molecular complexity index is 1310. The summed E-state index contributed by atoms with van der Waals surface area (Å²) < 4.78 is 12.8. The van der Waals surface area contributed by atoms with Crippen molar-refractivity contribution in [2.75, 3.05) is 25.7 Å². The third-order valence-corrected chi connectivity index (χ3v) is 6.32. The van der Waals surface area contributed by atoms with Crippen LogP contribution in [0, 0.1) is 0 Å². The SMILES string of the molecule is COc1ccc2c(c1OC)C(=O)N1c3ccccc3C(=O)N(CC(=O)NCc3cccn3C)[C@H]21. The highest BCUT2D eigenvalue weighted by Gasteiger charge is 2.50. The maximum Gasteiger partial charge on any atom is 0.264 e. The summed E-state index contributed by atoms with van der Waals surface area (Å²) in [5.41, 5.74) is 2.70. The first-order valence-electron chi connectivity index (χ1n) is 10.8. The Kier molecular flexibility index (Phi) is 5.24. The minimum Gasteiger partial charge on any atom is -0.493 e. The van der Waals surface area contributed by atoms with Gasteiger partial charge in [0.05, 0.1) is 37.6 Å². The predicted octanol–water partition coefficient (Wildman–Crippen LogP) is 2.47. The molecule has 0 radical (unpaired) electrons. The lowest BCUT2D eigenvalue weighted by Crippen LogP contribution is -2.51. The first-order chi connectivity index (χ1) is 16.5. The van der Waals surface area contributed by atoms with Crippen LogP contribution < -0.4 is 19.7 Å². The highest BCUT2D eigenvalue weighted by molar-refractivity contribution is 6.18. The van der Waals surface area contributed by atoms with E-state index in [1.165, 1.54) is 19.1 Å². The molecule has 3 heterocycles. The van der Waals surface area contributed by atoms with Gasteiger partial charge in [0.2, 0.25) is 5.91 Å². The van der Waals surface area contributed by atoms with Gasteiger partial charge in [-0.25, -0.2) is 0 Å². The van der Waals surface area contributed by atoms with Gasteiger partial charge in [-0.05, 0) is 30.3 Å². The van der Waals surface area contributed by atoms with Crippen molar-refractivity contribution in [2.24, 2.45) is 7.05 Å². The third-order valence-electron chi connectivity index (χ3n) is 6.32. The fourth-order valence-corrected chi connectivity index (χ4v) is 4.67. The number of nitrogens with one attached hydrogen (secondary N) is 1. The molecule has 3 aromatic rings. The van der Waals surface area contributed by atoms with E-state index >= 15 is 0 Å². The summed E-state index contributed by atoms with van der Waals surface area (Å²) in [5.74, 6) is -0.236. The zero-order valence-electron chi connectivity index (χ0n) is 19.1. The lowest BCUT2D eigenvalue weighted by Gasteiger charge is -2.40. The number of nitrogens with zero attached hydrogens (tertiary/aromatic N) is 3. The second-order valence-corrected chi connectivity index (χ2v) is 8.15. The Hall–Kier alpha value is -4.27. The van der Waals surface area contributed by atoms with E-state index in [0.717, 1.165) is 5.69 Å². The van der Waals surface area contributed by atoms with Gasteiger partial charge in [0.25, 0.3) is 11.8 Å². The molecule has 0 saturated carbocycles. The molecule has 2 aliphatic heterocycles. The van der Waals surface area contributed by atoms with Crippen LogP contribution in [0.2, 0.25) is 0 Å². The molecule has 1 atom stereocenters. The van der Waals surface area contributed by atoms with E-state index in [4.69, 9.17) is 9.47 Å². The fourth-order valence-electron chi connectivity index (χ4n) is 4.67. The highest BCUT2D eigenvalue weighted by Crippen LogP contribution is 2.49. The number of rotatable bonds is 6. The van der Waals surface area contributed by atoms with Gasteiger partial charge in [0.15, 0.2) is 11.5 Å². The zero-order valence-corrected chi connectivity index (χ0v) is 19.1. The Labute approximate surface area is 196 Å². The van der Waals surface area contributed by atoms with Crippen molar-refractivity contribution < 1.29 is 23.9 Å². The van der Waals surface area contributed by atoms with Crippen molar-refractivity contribution >= 4 is 23.4 Å². The Morgan fingerprint density at radius 2 is 1.79 bits per heavy atom. The van der Waals surface area contributed by atoms with Crippen molar-refractivity contribution in [3.63, 3.8) is 0 Å². The van der Waals surface area contributed by atoms with Crippen LogP contribution in [0.15, 0.2) is 54.7 Å². The molecule has 174 valence electrons. The van der Waals surface area contributed by atoms with Crippen LogP contribution in [0.25, 0.3) is 0 Å². The molecule has 1 aromatic heterocycles. The number of aryl methyl sites for hydroxylation is 1. The number of amides is 3. The van der Waals surface area contributed by atoms with Gasteiger partial charge in [0, 0.05) is 24.5 Å². The van der Waals surface area contributed by atoms with Crippen molar-refractivity contribution in [1.29, 1.82) is 0 Å². The fraction of sp³-hybridized carbons (Fsp3) is 0.240. The molecule has 0 bridgehead atoms. The van der Waals surface area contributed by atoms with Crippen molar-refractivity contribution in [3.05, 3.63) is 77.1 Å². The zero-order chi connectivity index (χ0) is 24.0. The predicted molar refractivity (Wildman–Crippen MR) is 124 cm³/mol. The van der Waals surface area contributed by atoms with E-state index in [9.17, 15) is 14.4 Å². The second-order valence-electron chi connectivity index (χ2n) is 8.15. The minimum absolute atomic E-state index is 0.209. The van der Waals surface area contributed by atoms with Crippen molar-refractivity contribution in [1.82, 2.24) is 14.8 Å². The van der Waals surface area contributed by atoms with E-state index < -0.39 is 6.17 Å². The molecule has 0 aliphatic carbocycles. The van der Waals surface area contributed by atoms with Crippen molar-refractivity contribution in [3.8, 4) is 11.5 Å². The van der Waals surface area contributed by atoms with Gasteiger partial charge in [-0.15, -0.1) is 0 Å². The van der Waals surface area contributed by atoms with E-state index in [0.29, 0.717) is 40.4 Å². The smallest absolute Gasteiger partial charge is 0.264 e. The lowest BCUT2D eigenvalue weighted by atomic mass is 10.0. The second kappa shape index (κ2) is 8.26. The number of methoxy groups -OCH3 is 2. The molecule has 1 N–H and O–H groups in total. The van der Waals surface area contributed by atoms with E-state index in [1.807, 2.05) is 29.9 Å². The van der Waals surface area contributed by atoms with Gasteiger partial charge in [-0.3, -0.25) is 19.3 Å². The third kappa shape index (κ3) is 3.20. The van der Waals surface area contributed by atoms with Crippen LogP contribution >= 0.6 is 0 Å². The molecule has 5 rings (SSSR count). The summed E-state index contributed by atoms with van der Waals surface area (Å²) >= 11 is 0. The Balaban J connectivity index is 1.54. The average molecular weight is 460 g/mol. The number of para-hydroxylation sites is 1. The van der Waals surface area contributed by atoms with Crippen LogP contribution in [-0.4, -0.2) is 48.0 Å². The summed E-state index contributed by atoms with van der Waals surface area (Å²) in [5, 5.41) is 2.87. The summed E-state index contributed by atoms with van der Waals surface area (Å²) in [6, 6.07) is 14.2. The van der Waals surface area contributed by atoms with Crippen LogP contribution in [0.3, 0.4) is 0 Å². The number of carbonyl (C=O) groups excluding carboxylic acids is 3. The maximum absolute atomic E-state index is 13.6. The monoisotopic (exact) mass is 460 g/mol. The number of fused-ring (bicyclic) bond motifs is 5. The molecule has 2 aliphatic rings. The first-order valence-corrected chi connectivity index (χ1v) is 10.8. The molecule has 9 nitrogen and oxygen atoms in total. The molecule has 34 heavy (non-hydrogen) atoms. The average Bonchev–Trinajstić information content (AvgIpc) is 3.40. The molecule has 0 unspecified atom stereocenters. The van der Waals surface area contributed by atoms with Gasteiger partial charge in [-0.2, -0.15) is 0 Å². The summed E-state index contributed by atoms with van der Waals surface area (Å²) in [6.07, 6.45) is 1.12. The molecule has 3 amide bonds. The highest BCUT2D eigenvalue weighted by atomic mass is 16.5. The minimum atomic E-state index is -0.773. The number of hydrogen-bond donors (Lipinski definition) is 1. The van der Waals surface area contributed by atoms with Crippen LogP contribution in [0.4, 0.5) is 5.69 Å². The standard InChI is InChI=1S/C25H24N4O5/c1-27-12-6-7-15(27)13-26-20(30)14-28-23-17-10-11-19(33-2)22(34-3)21(17)25(32)29(23)18-9-5-4-8-16(18)24(28)31/h4-12,23H,13-14H2,1-3H3,(H,26,30)/t23-/m0/s1. The van der Waals surface area contributed by atoms with E-state index in [1.54, 1.807) is 41.3 Å². The van der Waals surface area contributed by atoms with Crippen LogP contribution in [-0.2, 0) is 18.4 Å². The molecule has 0 saturated heterocycles. The molecular formula is C25H24N4O5.